The predicted octanol–water partition coefficient (Wildman–Crippen LogP) is 1.89. The molecule has 0 aliphatic carbocycles. The fraction of sp³-hybridized carbons (Fsp3) is 0.733. The van der Waals surface area contributed by atoms with E-state index in [2.05, 4.69) is 33.9 Å². The zero-order valence-corrected chi connectivity index (χ0v) is 12.6. The van der Waals surface area contributed by atoms with E-state index in [1.165, 1.54) is 37.9 Å². The van der Waals surface area contributed by atoms with Gasteiger partial charge in [0.15, 0.2) is 0 Å². The molecule has 0 bridgehead atoms. The van der Waals surface area contributed by atoms with E-state index in [0.29, 0.717) is 0 Å². The predicted molar refractivity (Wildman–Crippen MR) is 82.4 cm³/mol. The van der Waals surface area contributed by atoms with Crippen LogP contribution in [0.2, 0.25) is 0 Å². The molecular weight excluding hydrogens is 250 g/mol. The number of hydrogen-bond donors (Lipinski definition) is 1. The van der Waals surface area contributed by atoms with Gasteiger partial charge >= 0.3 is 0 Å². The van der Waals surface area contributed by atoms with E-state index in [9.17, 15) is 0 Å². The summed E-state index contributed by atoms with van der Waals surface area (Å²) in [6.07, 6.45) is 6.02. The molecule has 1 aromatic rings. The number of rotatable bonds is 3. The highest BCUT2D eigenvalue weighted by Crippen LogP contribution is 2.26. The third-order valence-corrected chi connectivity index (χ3v) is 4.42. The molecule has 0 aromatic carbocycles. The van der Waals surface area contributed by atoms with Gasteiger partial charge in [-0.3, -0.25) is 4.90 Å². The maximum absolute atomic E-state index is 4.71. The van der Waals surface area contributed by atoms with Gasteiger partial charge in [0.2, 0.25) is 5.95 Å². The Morgan fingerprint density at radius 1 is 1.30 bits per heavy atom. The molecule has 2 aliphatic rings. The van der Waals surface area contributed by atoms with Crippen LogP contribution in [0.15, 0.2) is 6.20 Å². The van der Waals surface area contributed by atoms with Crippen LogP contribution < -0.4 is 10.2 Å². The summed E-state index contributed by atoms with van der Waals surface area (Å²) in [6.45, 7) is 9.69. The molecule has 1 atom stereocenters. The minimum absolute atomic E-state index is 0.717. The van der Waals surface area contributed by atoms with Crippen molar-refractivity contribution in [2.45, 2.75) is 39.2 Å². The second-order valence-corrected chi connectivity index (χ2v) is 5.86. The summed E-state index contributed by atoms with van der Waals surface area (Å²) in [5.41, 5.74) is 1.18. The fourth-order valence-corrected chi connectivity index (χ4v) is 3.34. The van der Waals surface area contributed by atoms with Gasteiger partial charge in [0.05, 0.1) is 0 Å². The fourth-order valence-electron chi connectivity index (χ4n) is 3.34. The molecule has 0 saturated carbocycles. The van der Waals surface area contributed by atoms with Crippen molar-refractivity contribution in [3.8, 4) is 0 Å². The summed E-state index contributed by atoms with van der Waals surface area (Å²) < 4.78 is 0. The molecule has 2 aliphatic heterocycles. The minimum Gasteiger partial charge on any atom is -0.354 e. The Labute approximate surface area is 121 Å². The van der Waals surface area contributed by atoms with Gasteiger partial charge < -0.3 is 10.2 Å². The lowest BCUT2D eigenvalue weighted by atomic mass is 9.99. The van der Waals surface area contributed by atoms with E-state index in [4.69, 9.17) is 4.98 Å². The quantitative estimate of drug-likeness (QED) is 0.912. The van der Waals surface area contributed by atoms with E-state index in [1.807, 2.05) is 6.20 Å². The normalized spacial score (nSPS) is 23.5. The first-order valence-corrected chi connectivity index (χ1v) is 7.84. The van der Waals surface area contributed by atoms with Crippen LogP contribution >= 0.6 is 0 Å². The summed E-state index contributed by atoms with van der Waals surface area (Å²) in [4.78, 5) is 14.2. The van der Waals surface area contributed by atoms with Crippen LogP contribution in [-0.4, -0.2) is 53.6 Å². The Morgan fingerprint density at radius 3 is 3.05 bits per heavy atom. The van der Waals surface area contributed by atoms with Gasteiger partial charge in [0, 0.05) is 44.0 Å². The number of anilines is 2. The highest BCUT2D eigenvalue weighted by molar-refractivity contribution is 5.49. The molecule has 2 saturated heterocycles. The van der Waals surface area contributed by atoms with Crippen molar-refractivity contribution in [3.05, 3.63) is 11.8 Å². The topological polar surface area (TPSA) is 44.3 Å². The number of nitrogens with one attached hydrogen (secondary N) is 1. The van der Waals surface area contributed by atoms with Crippen molar-refractivity contribution in [1.29, 1.82) is 0 Å². The van der Waals surface area contributed by atoms with Crippen LogP contribution in [0.25, 0.3) is 0 Å². The van der Waals surface area contributed by atoms with Crippen LogP contribution in [0.4, 0.5) is 11.8 Å². The first kappa shape index (κ1) is 13.6. The minimum atomic E-state index is 0.717. The molecule has 5 heteroatoms. The molecule has 2 fully saturated rings. The van der Waals surface area contributed by atoms with Gasteiger partial charge in [-0.2, -0.15) is 4.98 Å². The largest absolute Gasteiger partial charge is 0.354 e. The van der Waals surface area contributed by atoms with Crippen molar-refractivity contribution in [2.24, 2.45) is 0 Å². The van der Waals surface area contributed by atoms with Gasteiger partial charge in [0.1, 0.15) is 5.82 Å². The van der Waals surface area contributed by atoms with E-state index in [1.54, 1.807) is 0 Å². The number of piperazine rings is 1. The molecule has 1 N–H and O–H groups in total. The number of fused-ring (bicyclic) bond motifs is 1. The van der Waals surface area contributed by atoms with Gasteiger partial charge in [-0.05, 0) is 33.2 Å². The van der Waals surface area contributed by atoms with E-state index >= 15 is 0 Å². The zero-order chi connectivity index (χ0) is 13.9. The maximum atomic E-state index is 4.71. The standard InChI is InChI=1S/C15H25N5/c1-3-16-15-17-10-12(2)14(18-15)20-9-8-19-7-5-4-6-13(19)11-20/h10,13H,3-9,11H2,1-2H3,(H,16,17,18). The third-order valence-electron chi connectivity index (χ3n) is 4.42. The average Bonchev–Trinajstić information content (AvgIpc) is 2.49. The summed E-state index contributed by atoms with van der Waals surface area (Å²) in [7, 11) is 0. The molecule has 3 heterocycles. The van der Waals surface area contributed by atoms with E-state index in [0.717, 1.165) is 37.4 Å². The van der Waals surface area contributed by atoms with Crippen LogP contribution in [0.1, 0.15) is 31.7 Å². The smallest absolute Gasteiger partial charge is 0.224 e. The van der Waals surface area contributed by atoms with Gasteiger partial charge in [-0.15, -0.1) is 0 Å². The van der Waals surface area contributed by atoms with Crippen LogP contribution in [0.3, 0.4) is 0 Å². The lowest BCUT2D eigenvalue weighted by Gasteiger charge is -2.44. The van der Waals surface area contributed by atoms with Crippen molar-refractivity contribution < 1.29 is 0 Å². The Hall–Kier alpha value is -1.36. The number of aromatic nitrogens is 2. The molecule has 5 nitrogen and oxygen atoms in total. The van der Waals surface area contributed by atoms with Gasteiger partial charge in [0.25, 0.3) is 0 Å². The summed E-state index contributed by atoms with van der Waals surface area (Å²) >= 11 is 0. The second kappa shape index (κ2) is 5.95. The molecule has 1 unspecified atom stereocenters. The van der Waals surface area contributed by atoms with E-state index in [-0.39, 0.29) is 0 Å². The molecule has 3 rings (SSSR count). The Kier molecular flexibility index (Phi) is 4.05. The molecule has 1 aromatic heterocycles. The first-order chi connectivity index (χ1) is 9.78. The summed E-state index contributed by atoms with van der Waals surface area (Å²) in [5.74, 6) is 1.86. The number of nitrogens with zero attached hydrogens (tertiary/aromatic N) is 4. The van der Waals surface area contributed by atoms with E-state index < -0.39 is 0 Å². The van der Waals surface area contributed by atoms with Crippen LogP contribution in [0, 0.1) is 6.92 Å². The molecule has 0 spiro atoms. The van der Waals surface area contributed by atoms with Crippen molar-refractivity contribution in [2.75, 3.05) is 42.9 Å². The number of hydrogen-bond acceptors (Lipinski definition) is 5. The Balaban J connectivity index is 1.76. The van der Waals surface area contributed by atoms with Crippen LogP contribution in [-0.2, 0) is 0 Å². The Bertz CT molecular complexity index is 462. The number of aryl methyl sites for hydroxylation is 1. The SMILES string of the molecule is CCNc1ncc(C)c(N2CCN3CCCCC3C2)n1. The first-order valence-electron chi connectivity index (χ1n) is 7.84. The summed E-state index contributed by atoms with van der Waals surface area (Å²) in [6, 6.07) is 0.717. The molecule has 20 heavy (non-hydrogen) atoms. The van der Waals surface area contributed by atoms with Crippen LogP contribution in [0.5, 0.6) is 0 Å². The third kappa shape index (κ3) is 2.73. The van der Waals surface area contributed by atoms with Gasteiger partial charge in [-0.1, -0.05) is 6.42 Å². The molecular formula is C15H25N5. The Morgan fingerprint density at radius 2 is 2.20 bits per heavy atom. The van der Waals surface area contributed by atoms with Crippen molar-refractivity contribution in [3.63, 3.8) is 0 Å². The lowest BCUT2D eigenvalue weighted by molar-refractivity contribution is 0.133. The monoisotopic (exact) mass is 275 g/mol. The molecule has 0 amide bonds. The molecule has 0 radical (unpaired) electrons. The lowest BCUT2D eigenvalue weighted by Crippen LogP contribution is -2.55. The zero-order valence-electron chi connectivity index (χ0n) is 12.6. The summed E-state index contributed by atoms with van der Waals surface area (Å²) in [5, 5.41) is 3.21. The van der Waals surface area contributed by atoms with Gasteiger partial charge in [-0.25, -0.2) is 4.98 Å². The highest BCUT2D eigenvalue weighted by Gasteiger charge is 2.30. The highest BCUT2D eigenvalue weighted by atomic mass is 15.3. The van der Waals surface area contributed by atoms with Crippen molar-refractivity contribution >= 4 is 11.8 Å². The molecule has 110 valence electrons. The second-order valence-electron chi connectivity index (χ2n) is 5.86. The number of piperidine rings is 1. The maximum Gasteiger partial charge on any atom is 0.224 e. The van der Waals surface area contributed by atoms with Crippen molar-refractivity contribution in [1.82, 2.24) is 14.9 Å². The average molecular weight is 275 g/mol.